The highest BCUT2D eigenvalue weighted by Gasteiger charge is 2.14. The Morgan fingerprint density at radius 3 is 2.96 bits per heavy atom. The number of rotatable bonds is 4. The third-order valence-corrected chi connectivity index (χ3v) is 5.83. The lowest BCUT2D eigenvalue weighted by molar-refractivity contribution is 0.102. The maximum absolute atomic E-state index is 12.2. The first-order valence-electron chi connectivity index (χ1n) is 7.27. The fourth-order valence-electron chi connectivity index (χ4n) is 2.62. The molecular weight excluding hydrogens is 362 g/mol. The van der Waals surface area contributed by atoms with Gasteiger partial charge < -0.3 is 0 Å². The van der Waals surface area contributed by atoms with E-state index in [0.717, 1.165) is 27.0 Å². The van der Waals surface area contributed by atoms with Crippen molar-refractivity contribution in [1.29, 1.82) is 0 Å². The first-order chi connectivity index (χ1) is 11.6. The van der Waals surface area contributed by atoms with E-state index in [1.165, 1.54) is 23.1 Å². The molecule has 3 heterocycles. The number of hydrogen-bond acceptors (Lipinski definition) is 5. The number of nitrogens with zero attached hydrogens (tertiary/aromatic N) is 3. The van der Waals surface area contributed by atoms with E-state index < -0.39 is 0 Å². The van der Waals surface area contributed by atoms with Gasteiger partial charge in [0.2, 0.25) is 0 Å². The fraction of sp³-hybridized carbons (Fsp3) is 0.118. The zero-order chi connectivity index (χ0) is 16.7. The van der Waals surface area contributed by atoms with Crippen molar-refractivity contribution in [3.05, 3.63) is 57.2 Å². The molecule has 0 unspecified atom stereocenters. The summed E-state index contributed by atoms with van der Waals surface area (Å²) in [5, 5.41) is 12.9. The van der Waals surface area contributed by atoms with Gasteiger partial charge in [0, 0.05) is 10.4 Å². The molecule has 0 aliphatic heterocycles. The van der Waals surface area contributed by atoms with Crippen LogP contribution in [0.1, 0.15) is 15.2 Å². The summed E-state index contributed by atoms with van der Waals surface area (Å²) < 4.78 is 1.98. The smallest absolute Gasteiger partial charge is 0.196 e. The van der Waals surface area contributed by atoms with Crippen molar-refractivity contribution in [2.24, 2.45) is 0 Å². The Hall–Kier alpha value is -1.89. The van der Waals surface area contributed by atoms with Crippen LogP contribution in [0.2, 0.25) is 5.02 Å². The lowest BCUT2D eigenvalue weighted by Gasteiger charge is -2.07. The number of fused-ring (bicyclic) bond motifs is 3. The van der Waals surface area contributed by atoms with Crippen LogP contribution < -0.4 is 0 Å². The van der Waals surface area contributed by atoms with Crippen molar-refractivity contribution in [3.63, 3.8) is 0 Å². The molecule has 1 aromatic carbocycles. The van der Waals surface area contributed by atoms with Gasteiger partial charge in [-0.05, 0) is 48.2 Å². The molecule has 0 spiro atoms. The molecule has 0 atom stereocenters. The molecule has 0 fully saturated rings. The van der Waals surface area contributed by atoms with E-state index in [1.54, 1.807) is 0 Å². The molecule has 0 saturated carbocycles. The molecular formula is C17H12ClN3OS2. The quantitative estimate of drug-likeness (QED) is 0.378. The van der Waals surface area contributed by atoms with Gasteiger partial charge in [0.05, 0.1) is 16.1 Å². The van der Waals surface area contributed by atoms with Crippen LogP contribution in [0.4, 0.5) is 0 Å². The van der Waals surface area contributed by atoms with E-state index in [0.29, 0.717) is 15.9 Å². The first kappa shape index (κ1) is 15.6. The predicted octanol–water partition coefficient (Wildman–Crippen LogP) is 4.88. The van der Waals surface area contributed by atoms with Crippen molar-refractivity contribution >= 4 is 57.0 Å². The Kier molecular flexibility index (Phi) is 4.04. The van der Waals surface area contributed by atoms with Gasteiger partial charge in [-0.25, -0.2) is 0 Å². The molecule has 0 radical (unpaired) electrons. The minimum absolute atomic E-state index is 0.103. The van der Waals surface area contributed by atoms with E-state index in [4.69, 9.17) is 11.6 Å². The molecule has 3 aromatic heterocycles. The van der Waals surface area contributed by atoms with Crippen LogP contribution in [0.25, 0.3) is 16.6 Å². The van der Waals surface area contributed by atoms with Crippen LogP contribution in [-0.2, 0) is 0 Å². The van der Waals surface area contributed by atoms with E-state index in [9.17, 15) is 4.79 Å². The Morgan fingerprint density at radius 2 is 2.17 bits per heavy atom. The zero-order valence-corrected chi connectivity index (χ0v) is 15.1. The largest absolute Gasteiger partial charge is 0.292 e. The molecule has 7 heteroatoms. The van der Waals surface area contributed by atoms with Crippen LogP contribution in [-0.4, -0.2) is 26.1 Å². The Morgan fingerprint density at radius 1 is 1.29 bits per heavy atom. The van der Waals surface area contributed by atoms with Crippen LogP contribution in [0, 0.1) is 6.92 Å². The summed E-state index contributed by atoms with van der Waals surface area (Å²) in [4.78, 5) is 13.0. The summed E-state index contributed by atoms with van der Waals surface area (Å²) in [6.45, 7) is 2.03. The van der Waals surface area contributed by atoms with E-state index >= 15 is 0 Å². The van der Waals surface area contributed by atoms with Crippen molar-refractivity contribution in [2.75, 3.05) is 5.75 Å². The summed E-state index contributed by atoms with van der Waals surface area (Å²) in [5.41, 5.74) is 2.86. The number of pyridine rings is 1. The Balaban J connectivity index is 1.75. The number of thioether (sulfide) groups is 1. The number of halogens is 1. The van der Waals surface area contributed by atoms with Crippen molar-refractivity contribution in [2.45, 2.75) is 12.1 Å². The van der Waals surface area contributed by atoms with Gasteiger partial charge in [0.25, 0.3) is 0 Å². The molecule has 0 N–H and O–H groups in total. The molecule has 0 saturated heterocycles. The monoisotopic (exact) mass is 373 g/mol. The molecule has 120 valence electrons. The summed E-state index contributed by atoms with van der Waals surface area (Å²) in [7, 11) is 0. The van der Waals surface area contributed by atoms with Crippen molar-refractivity contribution in [1.82, 2.24) is 14.6 Å². The Bertz CT molecular complexity index is 1060. The molecule has 0 aliphatic carbocycles. The number of hydrogen-bond donors (Lipinski definition) is 0. The highest BCUT2D eigenvalue weighted by atomic mass is 35.5. The second-order valence-electron chi connectivity index (χ2n) is 5.35. The fourth-order valence-corrected chi connectivity index (χ4v) is 4.39. The van der Waals surface area contributed by atoms with Crippen LogP contribution in [0.5, 0.6) is 0 Å². The maximum atomic E-state index is 12.2. The summed E-state index contributed by atoms with van der Waals surface area (Å²) in [5.74, 6) is 0.441. The second-order valence-corrected chi connectivity index (χ2v) is 7.68. The average molecular weight is 374 g/mol. The van der Waals surface area contributed by atoms with Gasteiger partial charge in [-0.2, -0.15) is 0 Å². The standard InChI is InChI=1S/C17H12ClN3OS2/c1-10-7-16-19-20-17(24-9-14(22)15-3-2-6-23-15)21(16)13-5-4-11(18)8-12(10)13/h2-8H,9H2,1H3. The van der Waals surface area contributed by atoms with Gasteiger partial charge in [-0.3, -0.25) is 9.20 Å². The number of carbonyl (C=O) groups is 1. The zero-order valence-electron chi connectivity index (χ0n) is 12.7. The molecule has 4 rings (SSSR count). The van der Waals surface area contributed by atoms with E-state index in [-0.39, 0.29) is 5.78 Å². The number of ketones is 1. The van der Waals surface area contributed by atoms with Gasteiger partial charge >= 0.3 is 0 Å². The van der Waals surface area contributed by atoms with Crippen LogP contribution in [0.15, 0.2) is 46.9 Å². The molecule has 0 amide bonds. The lowest BCUT2D eigenvalue weighted by atomic mass is 10.1. The van der Waals surface area contributed by atoms with Crippen molar-refractivity contribution < 1.29 is 4.79 Å². The molecule has 0 aliphatic rings. The van der Waals surface area contributed by atoms with Crippen LogP contribution >= 0.6 is 34.7 Å². The second kappa shape index (κ2) is 6.20. The van der Waals surface area contributed by atoms with Crippen LogP contribution in [0.3, 0.4) is 0 Å². The molecule has 4 nitrogen and oxygen atoms in total. The number of benzene rings is 1. The SMILES string of the molecule is Cc1cc2nnc(SCC(=O)c3cccs3)n2c2ccc(Cl)cc12. The number of Topliss-reactive ketones (excluding diaryl/α,β-unsaturated/α-hetero) is 1. The minimum atomic E-state index is 0.103. The van der Waals surface area contributed by atoms with Gasteiger partial charge in [-0.1, -0.05) is 29.4 Å². The maximum Gasteiger partial charge on any atom is 0.196 e. The van der Waals surface area contributed by atoms with Gasteiger partial charge in [0.1, 0.15) is 0 Å². The number of aryl methyl sites for hydroxylation is 1. The minimum Gasteiger partial charge on any atom is -0.292 e. The Labute approximate surface area is 151 Å². The third kappa shape index (κ3) is 2.70. The normalized spacial score (nSPS) is 11.4. The predicted molar refractivity (Wildman–Crippen MR) is 99.6 cm³/mol. The number of aromatic nitrogens is 3. The number of carbonyl (C=O) groups excluding carboxylic acids is 1. The average Bonchev–Trinajstić information content (AvgIpc) is 3.23. The highest BCUT2D eigenvalue weighted by molar-refractivity contribution is 7.99. The van der Waals surface area contributed by atoms with Crippen molar-refractivity contribution in [3.8, 4) is 0 Å². The van der Waals surface area contributed by atoms with Gasteiger partial charge in [-0.15, -0.1) is 21.5 Å². The number of thiophene rings is 1. The van der Waals surface area contributed by atoms with Gasteiger partial charge in [0.15, 0.2) is 16.6 Å². The summed E-state index contributed by atoms with van der Waals surface area (Å²) in [6, 6.07) is 11.5. The molecule has 0 bridgehead atoms. The van der Waals surface area contributed by atoms with E-state index in [1.807, 2.05) is 53.1 Å². The summed E-state index contributed by atoms with van der Waals surface area (Å²) in [6.07, 6.45) is 0. The first-order valence-corrected chi connectivity index (χ1v) is 9.51. The topological polar surface area (TPSA) is 47.3 Å². The highest BCUT2D eigenvalue weighted by Crippen LogP contribution is 2.28. The molecule has 24 heavy (non-hydrogen) atoms. The summed E-state index contributed by atoms with van der Waals surface area (Å²) >= 11 is 8.99. The van der Waals surface area contributed by atoms with E-state index in [2.05, 4.69) is 10.2 Å². The molecule has 4 aromatic rings. The lowest BCUT2D eigenvalue weighted by Crippen LogP contribution is -2.01. The third-order valence-electron chi connectivity index (χ3n) is 3.76.